The van der Waals surface area contributed by atoms with E-state index < -0.39 is 6.10 Å². The molecule has 2 unspecified atom stereocenters. The predicted molar refractivity (Wildman–Crippen MR) is 82.0 cm³/mol. The van der Waals surface area contributed by atoms with Crippen LogP contribution in [-0.4, -0.2) is 43.4 Å². The van der Waals surface area contributed by atoms with Gasteiger partial charge in [-0.2, -0.15) is 0 Å². The van der Waals surface area contributed by atoms with E-state index >= 15 is 0 Å². The Morgan fingerprint density at radius 2 is 2.19 bits per heavy atom. The van der Waals surface area contributed by atoms with Crippen molar-refractivity contribution in [2.45, 2.75) is 12.5 Å². The van der Waals surface area contributed by atoms with Gasteiger partial charge in [0.25, 0.3) is 0 Å². The first-order valence-corrected chi connectivity index (χ1v) is 7.55. The number of halogens is 2. The topological polar surface area (TPSA) is 70.6 Å². The lowest BCUT2D eigenvalue weighted by Crippen LogP contribution is -2.34. The molecular weight excluding hydrogens is 315 g/mol. The van der Waals surface area contributed by atoms with Gasteiger partial charge in [0, 0.05) is 31.6 Å². The zero-order valence-corrected chi connectivity index (χ0v) is 13.0. The lowest BCUT2D eigenvalue weighted by molar-refractivity contribution is -0.121. The number of rotatable bonds is 6. The molecule has 1 heterocycles. The molecule has 3 N–H and O–H groups in total. The minimum absolute atomic E-state index is 0.0740. The van der Waals surface area contributed by atoms with Gasteiger partial charge in [0.1, 0.15) is 5.75 Å². The fraction of sp³-hybridized carbons (Fsp3) is 0.500. The third-order valence-corrected chi connectivity index (χ3v) is 4.09. The second-order valence-corrected chi connectivity index (χ2v) is 5.78. The summed E-state index contributed by atoms with van der Waals surface area (Å²) in [6.07, 6.45) is -0.144. The number of aliphatic hydroxyl groups excluding tert-OH is 1. The second kappa shape index (κ2) is 7.84. The molecule has 0 bridgehead atoms. The maximum absolute atomic E-state index is 11.7. The summed E-state index contributed by atoms with van der Waals surface area (Å²) in [5.41, 5.74) is 0. The summed E-state index contributed by atoms with van der Waals surface area (Å²) in [7, 11) is 0. The third-order valence-electron chi connectivity index (χ3n) is 3.35. The number of nitrogens with one attached hydrogen (secondary N) is 2. The van der Waals surface area contributed by atoms with Gasteiger partial charge < -0.3 is 20.5 Å². The molecule has 2 rings (SSSR count). The molecule has 7 heteroatoms. The van der Waals surface area contributed by atoms with Crippen molar-refractivity contribution in [2.75, 3.05) is 26.2 Å². The summed E-state index contributed by atoms with van der Waals surface area (Å²) in [6, 6.07) is 4.96. The van der Waals surface area contributed by atoms with Gasteiger partial charge in [-0.05, 0) is 12.1 Å². The molecule has 1 aromatic carbocycles. The van der Waals surface area contributed by atoms with E-state index in [1.54, 1.807) is 18.2 Å². The van der Waals surface area contributed by atoms with E-state index in [4.69, 9.17) is 27.9 Å². The van der Waals surface area contributed by atoms with E-state index in [9.17, 15) is 9.90 Å². The predicted octanol–water partition coefficient (Wildman–Crippen LogP) is 1.46. The van der Waals surface area contributed by atoms with E-state index in [1.807, 2.05) is 0 Å². The molecule has 1 saturated heterocycles. The average Bonchev–Trinajstić information content (AvgIpc) is 2.86. The van der Waals surface area contributed by atoms with Crippen LogP contribution in [0.25, 0.3) is 0 Å². The number of hydrogen-bond donors (Lipinski definition) is 3. The summed E-state index contributed by atoms with van der Waals surface area (Å²) in [6.45, 7) is 2.04. The summed E-state index contributed by atoms with van der Waals surface area (Å²) < 4.78 is 5.44. The smallest absolute Gasteiger partial charge is 0.223 e. The van der Waals surface area contributed by atoms with Crippen LogP contribution in [0.15, 0.2) is 18.2 Å². The van der Waals surface area contributed by atoms with Crippen LogP contribution in [0.5, 0.6) is 5.75 Å². The minimum Gasteiger partial charge on any atom is -0.493 e. The molecule has 0 spiro atoms. The standard InChI is InChI=1S/C14H18Cl2N2O3/c15-11-2-1-10(5-12(11)16)21-4-3-14(20)18-7-9-6-17-8-13(9)19/h1-2,5,9,13,17,19H,3-4,6-8H2,(H,18,20). The van der Waals surface area contributed by atoms with Gasteiger partial charge in [-0.25, -0.2) is 0 Å². The van der Waals surface area contributed by atoms with Crippen molar-refractivity contribution in [3.05, 3.63) is 28.2 Å². The average molecular weight is 333 g/mol. The molecule has 5 nitrogen and oxygen atoms in total. The fourth-order valence-electron chi connectivity index (χ4n) is 2.09. The number of carbonyl (C=O) groups is 1. The first-order chi connectivity index (χ1) is 10.1. The van der Waals surface area contributed by atoms with Crippen LogP contribution in [0.1, 0.15) is 6.42 Å². The summed E-state index contributed by atoms with van der Waals surface area (Å²) >= 11 is 11.7. The van der Waals surface area contributed by atoms with Gasteiger partial charge in [0.05, 0.1) is 29.2 Å². The molecule has 21 heavy (non-hydrogen) atoms. The molecule has 1 fully saturated rings. The fourth-order valence-corrected chi connectivity index (χ4v) is 2.38. The highest BCUT2D eigenvalue weighted by Gasteiger charge is 2.24. The Morgan fingerprint density at radius 1 is 1.38 bits per heavy atom. The number of amides is 1. The molecule has 1 aliphatic heterocycles. The van der Waals surface area contributed by atoms with Gasteiger partial charge in [-0.1, -0.05) is 23.2 Å². The molecule has 0 aromatic heterocycles. The molecule has 1 amide bonds. The van der Waals surface area contributed by atoms with Crippen LogP contribution in [0, 0.1) is 5.92 Å². The largest absolute Gasteiger partial charge is 0.493 e. The number of β-amino-alcohol motifs (C(OH)–C–C–N with tert-alkyl or cyclic N) is 1. The first-order valence-electron chi connectivity index (χ1n) is 6.79. The van der Waals surface area contributed by atoms with Crippen LogP contribution in [0.2, 0.25) is 10.0 Å². The van der Waals surface area contributed by atoms with Gasteiger partial charge in [-0.15, -0.1) is 0 Å². The number of carbonyl (C=O) groups excluding carboxylic acids is 1. The van der Waals surface area contributed by atoms with E-state index in [2.05, 4.69) is 10.6 Å². The van der Waals surface area contributed by atoms with Gasteiger partial charge in [0.2, 0.25) is 5.91 Å². The van der Waals surface area contributed by atoms with Crippen molar-refractivity contribution in [2.24, 2.45) is 5.92 Å². The van der Waals surface area contributed by atoms with Gasteiger partial charge in [-0.3, -0.25) is 4.79 Å². The highest BCUT2D eigenvalue weighted by molar-refractivity contribution is 6.42. The van der Waals surface area contributed by atoms with Crippen molar-refractivity contribution in [1.29, 1.82) is 0 Å². The highest BCUT2D eigenvalue weighted by Crippen LogP contribution is 2.26. The number of benzene rings is 1. The molecule has 0 radical (unpaired) electrons. The molecule has 0 aliphatic carbocycles. The monoisotopic (exact) mass is 332 g/mol. The van der Waals surface area contributed by atoms with Crippen molar-refractivity contribution in [3.63, 3.8) is 0 Å². The van der Waals surface area contributed by atoms with E-state index in [0.717, 1.165) is 6.54 Å². The van der Waals surface area contributed by atoms with Gasteiger partial charge in [0.15, 0.2) is 0 Å². The SMILES string of the molecule is O=C(CCOc1ccc(Cl)c(Cl)c1)NCC1CNCC1O. The normalized spacial score (nSPS) is 21.3. The summed E-state index contributed by atoms with van der Waals surface area (Å²) in [5.74, 6) is 0.548. The molecule has 116 valence electrons. The minimum atomic E-state index is -0.391. The third kappa shape index (κ3) is 5.04. The maximum Gasteiger partial charge on any atom is 0.223 e. The Morgan fingerprint density at radius 3 is 2.86 bits per heavy atom. The summed E-state index contributed by atoms with van der Waals surface area (Å²) in [4.78, 5) is 11.7. The highest BCUT2D eigenvalue weighted by atomic mass is 35.5. The molecular formula is C14H18Cl2N2O3. The van der Waals surface area contributed by atoms with E-state index in [-0.39, 0.29) is 24.9 Å². The number of aliphatic hydroxyl groups is 1. The number of hydrogen-bond acceptors (Lipinski definition) is 4. The molecule has 2 atom stereocenters. The van der Waals surface area contributed by atoms with Crippen molar-refractivity contribution < 1.29 is 14.6 Å². The van der Waals surface area contributed by atoms with Crippen molar-refractivity contribution >= 4 is 29.1 Å². The lowest BCUT2D eigenvalue weighted by atomic mass is 10.1. The van der Waals surface area contributed by atoms with E-state index in [1.165, 1.54) is 0 Å². The van der Waals surface area contributed by atoms with Crippen LogP contribution in [0.3, 0.4) is 0 Å². The zero-order chi connectivity index (χ0) is 15.2. The van der Waals surface area contributed by atoms with Crippen LogP contribution < -0.4 is 15.4 Å². The Balaban J connectivity index is 1.65. The van der Waals surface area contributed by atoms with Crippen molar-refractivity contribution in [1.82, 2.24) is 10.6 Å². The van der Waals surface area contributed by atoms with Gasteiger partial charge >= 0.3 is 0 Å². The number of ether oxygens (including phenoxy) is 1. The Bertz CT molecular complexity index is 499. The zero-order valence-electron chi connectivity index (χ0n) is 11.4. The second-order valence-electron chi connectivity index (χ2n) is 4.96. The summed E-state index contributed by atoms with van der Waals surface area (Å²) in [5, 5.41) is 16.4. The lowest BCUT2D eigenvalue weighted by Gasteiger charge is -2.14. The Labute approximate surface area is 133 Å². The quantitative estimate of drug-likeness (QED) is 0.737. The van der Waals surface area contributed by atoms with E-state index in [0.29, 0.717) is 28.9 Å². The van der Waals surface area contributed by atoms with Crippen LogP contribution in [0.4, 0.5) is 0 Å². The van der Waals surface area contributed by atoms with Crippen LogP contribution in [-0.2, 0) is 4.79 Å². The Kier molecular flexibility index (Phi) is 6.11. The Hall–Kier alpha value is -1.01. The van der Waals surface area contributed by atoms with Crippen LogP contribution >= 0.6 is 23.2 Å². The van der Waals surface area contributed by atoms with Crippen molar-refractivity contribution in [3.8, 4) is 5.75 Å². The molecule has 0 saturated carbocycles. The molecule has 1 aliphatic rings. The molecule has 1 aromatic rings. The maximum atomic E-state index is 11.7. The first kappa shape index (κ1) is 16.4.